The average molecular weight is 448 g/mol. The van der Waals surface area contributed by atoms with Crippen LogP contribution in [0.15, 0.2) is 121 Å². The van der Waals surface area contributed by atoms with Crippen LogP contribution in [-0.4, -0.2) is 4.57 Å². The van der Waals surface area contributed by atoms with Gasteiger partial charge in [0.2, 0.25) is 0 Å². The van der Waals surface area contributed by atoms with Gasteiger partial charge in [-0.2, -0.15) is 0 Å². The normalized spacial score (nSPS) is 11.7. The minimum atomic E-state index is 0.959. The molecule has 35 heavy (non-hydrogen) atoms. The second-order valence-corrected chi connectivity index (χ2v) is 9.20. The summed E-state index contributed by atoms with van der Waals surface area (Å²) in [6, 6.07) is 44.3. The Morgan fingerprint density at radius 1 is 0.429 bits per heavy atom. The van der Waals surface area contributed by atoms with E-state index in [4.69, 9.17) is 0 Å². The van der Waals surface area contributed by atoms with Crippen molar-refractivity contribution in [3.63, 3.8) is 0 Å². The van der Waals surface area contributed by atoms with Crippen LogP contribution in [0.25, 0.3) is 65.6 Å². The molecule has 0 amide bonds. The number of nitrogens with zero attached hydrogens (tertiary/aromatic N) is 1. The molecule has 1 heteroatoms. The number of rotatable bonds is 3. The van der Waals surface area contributed by atoms with Crippen molar-refractivity contribution >= 4 is 43.4 Å². The molecular formula is C34H25N. The molecule has 0 radical (unpaired) electrons. The van der Waals surface area contributed by atoms with Crippen LogP contribution < -0.4 is 0 Å². The van der Waals surface area contributed by atoms with Crippen LogP contribution in [0.4, 0.5) is 0 Å². The molecule has 0 aliphatic heterocycles. The highest BCUT2D eigenvalue weighted by Gasteiger charge is 2.17. The zero-order valence-corrected chi connectivity index (χ0v) is 19.7. The monoisotopic (exact) mass is 447 g/mol. The van der Waals surface area contributed by atoms with Gasteiger partial charge in [0, 0.05) is 28.4 Å². The van der Waals surface area contributed by atoms with Crippen LogP contribution in [0.3, 0.4) is 0 Å². The first-order chi connectivity index (χ1) is 17.3. The molecule has 0 unspecified atom stereocenters. The highest BCUT2D eigenvalue weighted by Crippen LogP contribution is 2.44. The Kier molecular flexibility index (Phi) is 4.50. The van der Waals surface area contributed by atoms with Crippen LogP contribution in [-0.2, 0) is 6.54 Å². The maximum Gasteiger partial charge on any atom is 0.0491 e. The van der Waals surface area contributed by atoms with Crippen LogP contribution >= 0.6 is 0 Å². The van der Waals surface area contributed by atoms with Crippen molar-refractivity contribution in [3.8, 4) is 22.3 Å². The van der Waals surface area contributed by atoms with E-state index in [1.54, 1.807) is 0 Å². The SMILES string of the molecule is CCn1c2ccccc2c2cc(-c3c4ccccc4c(-c4ccccc4)c4ccccc34)ccc21. The summed E-state index contributed by atoms with van der Waals surface area (Å²) in [6.45, 7) is 3.18. The minimum absolute atomic E-state index is 0.959. The molecule has 0 atom stereocenters. The third-order valence-electron chi connectivity index (χ3n) is 7.37. The Balaban J connectivity index is 1.62. The van der Waals surface area contributed by atoms with Crippen LogP contribution in [0.2, 0.25) is 0 Å². The van der Waals surface area contributed by atoms with Gasteiger partial charge in [0.05, 0.1) is 0 Å². The number of hydrogen-bond acceptors (Lipinski definition) is 0. The minimum Gasteiger partial charge on any atom is -0.341 e. The lowest BCUT2D eigenvalue weighted by Crippen LogP contribution is -1.93. The Hall–Kier alpha value is -4.36. The number of benzene rings is 6. The van der Waals surface area contributed by atoms with Gasteiger partial charge in [-0.1, -0.05) is 103 Å². The van der Waals surface area contributed by atoms with E-state index in [0.29, 0.717) is 0 Å². The van der Waals surface area contributed by atoms with E-state index in [1.165, 1.54) is 65.6 Å². The van der Waals surface area contributed by atoms with Gasteiger partial charge < -0.3 is 4.57 Å². The largest absolute Gasteiger partial charge is 0.341 e. The molecule has 0 saturated carbocycles. The molecule has 166 valence electrons. The Bertz CT molecular complexity index is 1820. The van der Waals surface area contributed by atoms with Gasteiger partial charge in [0.25, 0.3) is 0 Å². The van der Waals surface area contributed by atoms with Crippen molar-refractivity contribution in [1.29, 1.82) is 0 Å². The molecule has 1 nitrogen and oxygen atoms in total. The second kappa shape index (κ2) is 7.85. The number of aryl methyl sites for hydroxylation is 1. The first-order valence-electron chi connectivity index (χ1n) is 12.4. The van der Waals surface area contributed by atoms with Crippen LogP contribution in [0.1, 0.15) is 6.92 Å². The summed E-state index contributed by atoms with van der Waals surface area (Å²) in [5.74, 6) is 0. The molecule has 1 aromatic heterocycles. The third-order valence-corrected chi connectivity index (χ3v) is 7.37. The third kappa shape index (κ3) is 2.95. The summed E-state index contributed by atoms with van der Waals surface area (Å²) in [7, 11) is 0. The molecule has 0 fully saturated rings. The van der Waals surface area contributed by atoms with Gasteiger partial charge in [-0.3, -0.25) is 0 Å². The highest BCUT2D eigenvalue weighted by atomic mass is 15.0. The lowest BCUT2D eigenvalue weighted by molar-refractivity contribution is 0.827. The Morgan fingerprint density at radius 2 is 0.914 bits per heavy atom. The first kappa shape index (κ1) is 20.1. The summed E-state index contributed by atoms with van der Waals surface area (Å²) in [4.78, 5) is 0. The molecule has 0 aliphatic rings. The quantitative estimate of drug-likeness (QED) is 0.238. The summed E-state index contributed by atoms with van der Waals surface area (Å²) < 4.78 is 2.42. The molecule has 0 spiro atoms. The fourth-order valence-electron chi connectivity index (χ4n) is 5.91. The van der Waals surface area contributed by atoms with E-state index >= 15 is 0 Å². The van der Waals surface area contributed by atoms with Crippen molar-refractivity contribution in [1.82, 2.24) is 4.57 Å². The average Bonchev–Trinajstić information content (AvgIpc) is 3.25. The number of para-hydroxylation sites is 1. The zero-order chi connectivity index (χ0) is 23.4. The summed E-state index contributed by atoms with van der Waals surface area (Å²) in [5.41, 5.74) is 7.75. The number of fused-ring (bicyclic) bond motifs is 5. The fourth-order valence-corrected chi connectivity index (χ4v) is 5.91. The number of aromatic nitrogens is 1. The van der Waals surface area contributed by atoms with Crippen LogP contribution in [0.5, 0.6) is 0 Å². The molecule has 6 aromatic carbocycles. The molecule has 0 N–H and O–H groups in total. The van der Waals surface area contributed by atoms with Gasteiger partial charge >= 0.3 is 0 Å². The van der Waals surface area contributed by atoms with Crippen molar-refractivity contribution in [3.05, 3.63) is 121 Å². The van der Waals surface area contributed by atoms with E-state index < -0.39 is 0 Å². The Morgan fingerprint density at radius 3 is 1.51 bits per heavy atom. The molecule has 7 rings (SSSR count). The molecule has 1 heterocycles. The molecule has 7 aromatic rings. The van der Waals surface area contributed by atoms with E-state index in [-0.39, 0.29) is 0 Å². The predicted octanol–water partition coefficient (Wildman–Crippen LogP) is 9.45. The van der Waals surface area contributed by atoms with Gasteiger partial charge in [-0.25, -0.2) is 0 Å². The van der Waals surface area contributed by atoms with Crippen LogP contribution in [0, 0.1) is 0 Å². The van der Waals surface area contributed by atoms with Crippen molar-refractivity contribution in [2.24, 2.45) is 0 Å². The van der Waals surface area contributed by atoms with Crippen molar-refractivity contribution in [2.75, 3.05) is 0 Å². The fraction of sp³-hybridized carbons (Fsp3) is 0.0588. The maximum atomic E-state index is 2.42. The lowest BCUT2D eigenvalue weighted by Gasteiger charge is -2.18. The number of hydrogen-bond donors (Lipinski definition) is 0. The second-order valence-electron chi connectivity index (χ2n) is 9.20. The topological polar surface area (TPSA) is 4.93 Å². The van der Waals surface area contributed by atoms with Gasteiger partial charge in [-0.15, -0.1) is 0 Å². The first-order valence-corrected chi connectivity index (χ1v) is 12.4. The molecule has 0 bridgehead atoms. The molecule has 0 saturated heterocycles. The highest BCUT2D eigenvalue weighted by molar-refractivity contribution is 6.22. The summed E-state index contributed by atoms with van der Waals surface area (Å²) in [6.07, 6.45) is 0. The summed E-state index contributed by atoms with van der Waals surface area (Å²) in [5, 5.41) is 7.82. The summed E-state index contributed by atoms with van der Waals surface area (Å²) >= 11 is 0. The predicted molar refractivity (Wildman–Crippen MR) is 151 cm³/mol. The smallest absolute Gasteiger partial charge is 0.0491 e. The van der Waals surface area contributed by atoms with Gasteiger partial charge in [-0.05, 0) is 68.9 Å². The van der Waals surface area contributed by atoms with E-state index in [2.05, 4.69) is 133 Å². The molecular weight excluding hydrogens is 422 g/mol. The van der Waals surface area contributed by atoms with Gasteiger partial charge in [0.1, 0.15) is 0 Å². The van der Waals surface area contributed by atoms with Crippen molar-refractivity contribution < 1.29 is 0 Å². The van der Waals surface area contributed by atoms with E-state index in [9.17, 15) is 0 Å². The van der Waals surface area contributed by atoms with E-state index in [1.807, 2.05) is 0 Å². The standard InChI is InChI=1S/C34H25N/c1-2-35-31-19-11-10-14-25(31)30-22-24(20-21-32(30)35)34-28-17-8-6-15-26(28)33(23-12-4-3-5-13-23)27-16-7-9-18-29(27)34/h3-22H,2H2,1H3. The lowest BCUT2D eigenvalue weighted by atomic mass is 9.86. The zero-order valence-electron chi connectivity index (χ0n) is 19.7. The van der Waals surface area contributed by atoms with Gasteiger partial charge in [0.15, 0.2) is 0 Å². The van der Waals surface area contributed by atoms with E-state index in [0.717, 1.165) is 6.54 Å². The van der Waals surface area contributed by atoms with Crippen molar-refractivity contribution in [2.45, 2.75) is 13.5 Å². The Labute approximate surface area is 204 Å². The molecule has 0 aliphatic carbocycles. The maximum absolute atomic E-state index is 2.42.